The molecule has 2 unspecified atom stereocenters. The van der Waals surface area contributed by atoms with Gasteiger partial charge in [0.25, 0.3) is 0 Å². The fourth-order valence-electron chi connectivity index (χ4n) is 2.22. The van der Waals surface area contributed by atoms with Gasteiger partial charge in [-0.1, -0.05) is 13.8 Å². The number of esters is 2. The quantitative estimate of drug-likeness (QED) is 0.545. The SMILES string of the molecule is CC(=O)OCC1O[C@@H](OP(=O)(O)O)C(OC(C)=O)[C@@H](C)[C@@H]1C. The van der Waals surface area contributed by atoms with E-state index in [0.717, 1.165) is 0 Å². The molecule has 1 heterocycles. The van der Waals surface area contributed by atoms with Gasteiger partial charge in [-0.3, -0.25) is 14.1 Å². The predicted molar refractivity (Wildman–Crippen MR) is 72.3 cm³/mol. The molecule has 1 fully saturated rings. The van der Waals surface area contributed by atoms with Crippen LogP contribution in [0.3, 0.4) is 0 Å². The van der Waals surface area contributed by atoms with Crippen molar-refractivity contribution in [3.05, 3.63) is 0 Å². The van der Waals surface area contributed by atoms with E-state index in [9.17, 15) is 14.2 Å². The molecule has 1 rings (SSSR count). The molecule has 0 spiro atoms. The van der Waals surface area contributed by atoms with Crippen LogP contribution >= 0.6 is 7.82 Å². The summed E-state index contributed by atoms with van der Waals surface area (Å²) < 4.78 is 31.0. The second kappa shape index (κ2) is 7.52. The summed E-state index contributed by atoms with van der Waals surface area (Å²) in [4.78, 5) is 40.0. The number of carbonyl (C=O) groups excluding carboxylic acids is 2. The van der Waals surface area contributed by atoms with Crippen LogP contribution < -0.4 is 0 Å². The zero-order valence-electron chi connectivity index (χ0n) is 12.8. The number of phosphoric acid groups is 1. The van der Waals surface area contributed by atoms with E-state index in [1.807, 2.05) is 0 Å². The lowest BCUT2D eigenvalue weighted by atomic mass is 9.83. The Morgan fingerprint density at radius 1 is 1.14 bits per heavy atom. The molecule has 0 aromatic carbocycles. The average molecular weight is 340 g/mol. The molecule has 0 aromatic heterocycles. The van der Waals surface area contributed by atoms with Crippen molar-refractivity contribution in [3.63, 3.8) is 0 Å². The van der Waals surface area contributed by atoms with Crippen molar-refractivity contribution in [1.82, 2.24) is 0 Å². The molecule has 0 radical (unpaired) electrons. The van der Waals surface area contributed by atoms with Crippen LogP contribution in [0.2, 0.25) is 0 Å². The van der Waals surface area contributed by atoms with Crippen LogP contribution in [0.4, 0.5) is 0 Å². The van der Waals surface area contributed by atoms with Crippen molar-refractivity contribution in [2.45, 2.75) is 46.2 Å². The van der Waals surface area contributed by atoms with Gasteiger partial charge in [0.15, 0.2) is 6.10 Å². The standard InChI is InChI=1S/C12H21O9P/c1-6-7(2)11(19-9(4)14)12(21-22(15,16)17)20-10(6)5-18-8(3)13/h6-7,10-12H,5H2,1-4H3,(H2,15,16,17)/t6-,7-,10?,11?,12-/m0/s1. The third-order valence-corrected chi connectivity index (χ3v) is 3.99. The third-order valence-electron chi connectivity index (χ3n) is 3.51. The van der Waals surface area contributed by atoms with Crippen LogP contribution in [0.15, 0.2) is 0 Å². The first-order valence-corrected chi connectivity index (χ1v) is 8.24. The normalized spacial score (nSPS) is 32.4. The van der Waals surface area contributed by atoms with Gasteiger partial charge in [0, 0.05) is 19.8 Å². The Labute approximate surface area is 128 Å². The lowest BCUT2D eigenvalue weighted by Crippen LogP contribution is -2.53. The van der Waals surface area contributed by atoms with Crippen molar-refractivity contribution in [2.75, 3.05) is 6.61 Å². The summed E-state index contributed by atoms with van der Waals surface area (Å²) in [5.74, 6) is -1.64. The van der Waals surface area contributed by atoms with Gasteiger partial charge in [-0.05, 0) is 5.92 Å². The van der Waals surface area contributed by atoms with Gasteiger partial charge in [-0.15, -0.1) is 0 Å². The minimum atomic E-state index is -4.85. The van der Waals surface area contributed by atoms with Crippen LogP contribution in [0.25, 0.3) is 0 Å². The van der Waals surface area contributed by atoms with E-state index in [4.69, 9.17) is 24.0 Å². The molecule has 0 aromatic rings. The first kappa shape index (κ1) is 19.1. The maximum absolute atomic E-state index is 11.2. The molecule has 0 amide bonds. The van der Waals surface area contributed by atoms with E-state index in [-0.39, 0.29) is 18.4 Å². The van der Waals surface area contributed by atoms with Gasteiger partial charge in [-0.25, -0.2) is 4.57 Å². The maximum Gasteiger partial charge on any atom is 0.472 e. The molecule has 0 bridgehead atoms. The fraction of sp³-hybridized carbons (Fsp3) is 0.833. The molecule has 10 heteroatoms. The lowest BCUT2D eigenvalue weighted by molar-refractivity contribution is -0.257. The Bertz CT molecular complexity index is 458. The fourth-order valence-corrected chi connectivity index (χ4v) is 2.66. The Kier molecular flexibility index (Phi) is 6.51. The largest absolute Gasteiger partial charge is 0.472 e. The van der Waals surface area contributed by atoms with Crippen molar-refractivity contribution >= 4 is 19.8 Å². The number of rotatable bonds is 5. The third kappa shape index (κ3) is 5.66. The highest BCUT2D eigenvalue weighted by molar-refractivity contribution is 7.46. The zero-order valence-corrected chi connectivity index (χ0v) is 13.7. The van der Waals surface area contributed by atoms with Gasteiger partial charge < -0.3 is 24.0 Å². The Balaban J connectivity index is 2.91. The molecule has 0 saturated carbocycles. The van der Waals surface area contributed by atoms with Gasteiger partial charge in [0.1, 0.15) is 6.61 Å². The lowest BCUT2D eigenvalue weighted by Gasteiger charge is -2.43. The molecule has 1 aliphatic heterocycles. The molecular weight excluding hydrogens is 319 g/mol. The number of hydrogen-bond acceptors (Lipinski definition) is 7. The van der Waals surface area contributed by atoms with Gasteiger partial charge in [0.2, 0.25) is 6.29 Å². The molecule has 128 valence electrons. The van der Waals surface area contributed by atoms with Crippen LogP contribution in [-0.4, -0.2) is 46.8 Å². The summed E-state index contributed by atoms with van der Waals surface area (Å²) in [5, 5.41) is 0. The molecule has 1 saturated heterocycles. The van der Waals surface area contributed by atoms with E-state index in [1.54, 1.807) is 13.8 Å². The predicted octanol–water partition coefficient (Wildman–Crippen LogP) is 0.588. The smallest absolute Gasteiger partial charge is 0.463 e. The van der Waals surface area contributed by atoms with Gasteiger partial charge in [-0.2, -0.15) is 0 Å². The molecular formula is C12H21O9P. The Hall–Kier alpha value is -0.990. The van der Waals surface area contributed by atoms with E-state index < -0.39 is 38.3 Å². The van der Waals surface area contributed by atoms with Crippen LogP contribution in [0, 0.1) is 11.8 Å². The van der Waals surface area contributed by atoms with Crippen LogP contribution in [0.1, 0.15) is 27.7 Å². The van der Waals surface area contributed by atoms with Crippen molar-refractivity contribution in [3.8, 4) is 0 Å². The highest BCUT2D eigenvalue weighted by Crippen LogP contribution is 2.43. The molecule has 0 aliphatic carbocycles. The number of hydrogen-bond donors (Lipinski definition) is 2. The Morgan fingerprint density at radius 3 is 2.18 bits per heavy atom. The van der Waals surface area contributed by atoms with E-state index in [0.29, 0.717) is 0 Å². The second-order valence-corrected chi connectivity index (χ2v) is 6.43. The summed E-state index contributed by atoms with van der Waals surface area (Å²) >= 11 is 0. The maximum atomic E-state index is 11.2. The minimum absolute atomic E-state index is 0.0886. The molecule has 9 nitrogen and oxygen atoms in total. The molecule has 5 atom stereocenters. The molecule has 2 N–H and O–H groups in total. The van der Waals surface area contributed by atoms with Gasteiger partial charge >= 0.3 is 19.8 Å². The molecule has 1 aliphatic rings. The van der Waals surface area contributed by atoms with Gasteiger partial charge in [0.05, 0.1) is 6.10 Å². The highest BCUT2D eigenvalue weighted by Gasteiger charge is 2.46. The summed E-state index contributed by atoms with van der Waals surface area (Å²) in [6.07, 6.45) is -3.06. The number of ether oxygens (including phenoxy) is 3. The summed E-state index contributed by atoms with van der Waals surface area (Å²) in [6, 6.07) is 0. The van der Waals surface area contributed by atoms with Crippen LogP contribution in [-0.2, 0) is 32.9 Å². The average Bonchev–Trinajstić information content (AvgIpc) is 2.34. The number of phosphoric ester groups is 1. The summed E-state index contributed by atoms with van der Waals surface area (Å²) in [6.45, 7) is 5.86. The Morgan fingerprint density at radius 2 is 1.73 bits per heavy atom. The van der Waals surface area contributed by atoms with Crippen molar-refractivity contribution in [2.24, 2.45) is 11.8 Å². The van der Waals surface area contributed by atoms with E-state index in [1.165, 1.54) is 13.8 Å². The van der Waals surface area contributed by atoms with Crippen molar-refractivity contribution < 1.29 is 42.7 Å². The van der Waals surface area contributed by atoms with Crippen LogP contribution in [0.5, 0.6) is 0 Å². The second-order valence-electron chi connectivity index (χ2n) is 5.23. The first-order valence-electron chi connectivity index (χ1n) is 6.71. The highest BCUT2D eigenvalue weighted by atomic mass is 31.2. The monoisotopic (exact) mass is 340 g/mol. The zero-order chi connectivity index (χ0) is 17.1. The summed E-state index contributed by atoms with van der Waals surface area (Å²) in [5.41, 5.74) is 0. The number of carbonyl (C=O) groups is 2. The topological polar surface area (TPSA) is 129 Å². The summed E-state index contributed by atoms with van der Waals surface area (Å²) in [7, 11) is -4.85. The molecule has 22 heavy (non-hydrogen) atoms. The minimum Gasteiger partial charge on any atom is -0.463 e. The van der Waals surface area contributed by atoms with E-state index >= 15 is 0 Å². The first-order chi connectivity index (χ1) is 10.0. The van der Waals surface area contributed by atoms with Crippen molar-refractivity contribution in [1.29, 1.82) is 0 Å². The van der Waals surface area contributed by atoms with E-state index in [2.05, 4.69) is 4.52 Å².